The normalized spacial score (nSPS) is 14.6. The number of benzene rings is 2. The quantitative estimate of drug-likeness (QED) is 0.674. The van der Waals surface area contributed by atoms with Crippen molar-refractivity contribution in [3.05, 3.63) is 47.5 Å². The molecular formula is C17H16N2O3. The number of nitrogen functional groups attached to an aromatic ring is 1. The van der Waals surface area contributed by atoms with E-state index in [9.17, 15) is 4.79 Å². The van der Waals surface area contributed by atoms with E-state index in [0.29, 0.717) is 22.8 Å². The molecule has 0 atom stereocenters. The van der Waals surface area contributed by atoms with Crippen molar-refractivity contribution in [2.75, 3.05) is 25.3 Å². The van der Waals surface area contributed by atoms with Gasteiger partial charge in [-0.2, -0.15) is 0 Å². The molecule has 0 unspecified atom stereocenters. The minimum absolute atomic E-state index is 0.162. The number of nitrogens with two attached hydrogens (primary N) is 1. The molecule has 5 nitrogen and oxygen atoms in total. The standard InChI is InChI=1S/C17H16N2O3/c1-21-12-4-6-16(22-2)10(7-12)8-14-13-9-11(18)3-5-15(13)19-17(14)20/h3-9H,18H2,1-2H3,(H,19,20). The Balaban J connectivity index is 2.13. The summed E-state index contributed by atoms with van der Waals surface area (Å²) in [6.45, 7) is 0. The van der Waals surface area contributed by atoms with Gasteiger partial charge in [0.15, 0.2) is 0 Å². The van der Waals surface area contributed by atoms with Crippen LogP contribution in [-0.2, 0) is 4.79 Å². The molecule has 0 aromatic heterocycles. The van der Waals surface area contributed by atoms with Crippen LogP contribution in [0.15, 0.2) is 36.4 Å². The number of anilines is 2. The van der Waals surface area contributed by atoms with E-state index in [4.69, 9.17) is 15.2 Å². The Bertz CT molecular complexity index is 781. The number of carbonyl (C=O) groups is 1. The summed E-state index contributed by atoms with van der Waals surface area (Å²) >= 11 is 0. The van der Waals surface area contributed by atoms with Gasteiger partial charge in [-0.1, -0.05) is 0 Å². The highest BCUT2D eigenvalue weighted by atomic mass is 16.5. The molecule has 0 fully saturated rings. The first-order valence-corrected chi connectivity index (χ1v) is 6.77. The van der Waals surface area contributed by atoms with E-state index in [0.717, 1.165) is 16.8 Å². The highest BCUT2D eigenvalue weighted by Crippen LogP contribution is 2.36. The number of methoxy groups -OCH3 is 2. The van der Waals surface area contributed by atoms with Gasteiger partial charge in [0.2, 0.25) is 0 Å². The number of nitrogens with one attached hydrogen (secondary N) is 1. The summed E-state index contributed by atoms with van der Waals surface area (Å²) in [7, 11) is 3.18. The maximum absolute atomic E-state index is 12.2. The lowest BCUT2D eigenvalue weighted by atomic mass is 10.0. The molecule has 0 aliphatic carbocycles. The average Bonchev–Trinajstić information content (AvgIpc) is 2.83. The maximum Gasteiger partial charge on any atom is 0.256 e. The predicted octanol–water partition coefficient (Wildman–Crippen LogP) is 2.78. The first kappa shape index (κ1) is 14.0. The van der Waals surface area contributed by atoms with Crippen LogP contribution in [0.4, 0.5) is 11.4 Å². The minimum Gasteiger partial charge on any atom is -0.497 e. The molecular weight excluding hydrogens is 280 g/mol. The molecule has 0 spiro atoms. The van der Waals surface area contributed by atoms with E-state index in [1.165, 1.54) is 0 Å². The highest BCUT2D eigenvalue weighted by Gasteiger charge is 2.24. The van der Waals surface area contributed by atoms with Gasteiger partial charge in [-0.05, 0) is 42.5 Å². The molecule has 112 valence electrons. The number of rotatable bonds is 3. The largest absolute Gasteiger partial charge is 0.497 e. The predicted molar refractivity (Wildman–Crippen MR) is 86.9 cm³/mol. The SMILES string of the molecule is COc1ccc(OC)c(C=C2C(=O)Nc3ccc(N)cc32)c1. The van der Waals surface area contributed by atoms with E-state index in [-0.39, 0.29) is 5.91 Å². The molecule has 22 heavy (non-hydrogen) atoms. The van der Waals surface area contributed by atoms with Crippen molar-refractivity contribution in [1.82, 2.24) is 0 Å². The lowest BCUT2D eigenvalue weighted by Gasteiger charge is -2.08. The smallest absolute Gasteiger partial charge is 0.256 e. The molecule has 0 bridgehead atoms. The second kappa shape index (κ2) is 5.44. The average molecular weight is 296 g/mol. The lowest BCUT2D eigenvalue weighted by Crippen LogP contribution is -2.03. The molecule has 2 aromatic rings. The van der Waals surface area contributed by atoms with Gasteiger partial charge in [0, 0.05) is 28.1 Å². The molecule has 1 aliphatic rings. The summed E-state index contributed by atoms with van der Waals surface area (Å²) in [5.41, 5.74) is 9.29. The van der Waals surface area contributed by atoms with Crippen LogP contribution in [-0.4, -0.2) is 20.1 Å². The van der Waals surface area contributed by atoms with Crippen LogP contribution in [0.3, 0.4) is 0 Å². The van der Waals surface area contributed by atoms with Gasteiger partial charge in [-0.3, -0.25) is 4.79 Å². The fourth-order valence-electron chi connectivity index (χ4n) is 2.46. The second-order valence-electron chi connectivity index (χ2n) is 4.93. The Labute approximate surface area is 128 Å². The highest BCUT2D eigenvalue weighted by molar-refractivity contribution is 6.35. The third kappa shape index (κ3) is 2.37. The van der Waals surface area contributed by atoms with Crippen molar-refractivity contribution in [2.24, 2.45) is 0 Å². The zero-order valence-electron chi connectivity index (χ0n) is 12.3. The molecule has 1 aliphatic heterocycles. The number of hydrogen-bond acceptors (Lipinski definition) is 4. The molecule has 1 heterocycles. The summed E-state index contributed by atoms with van der Waals surface area (Å²) in [5, 5.41) is 2.83. The summed E-state index contributed by atoms with van der Waals surface area (Å²) in [4.78, 5) is 12.2. The van der Waals surface area contributed by atoms with Crippen molar-refractivity contribution < 1.29 is 14.3 Å². The van der Waals surface area contributed by atoms with E-state index >= 15 is 0 Å². The van der Waals surface area contributed by atoms with E-state index < -0.39 is 0 Å². The van der Waals surface area contributed by atoms with Crippen molar-refractivity contribution in [1.29, 1.82) is 0 Å². The van der Waals surface area contributed by atoms with Crippen molar-refractivity contribution in [2.45, 2.75) is 0 Å². The Hall–Kier alpha value is -2.95. The fraction of sp³-hybridized carbons (Fsp3) is 0.118. The van der Waals surface area contributed by atoms with Crippen LogP contribution in [0, 0.1) is 0 Å². The lowest BCUT2D eigenvalue weighted by molar-refractivity contribution is -0.110. The Morgan fingerprint density at radius 3 is 2.64 bits per heavy atom. The van der Waals surface area contributed by atoms with E-state index in [1.54, 1.807) is 44.6 Å². The zero-order valence-corrected chi connectivity index (χ0v) is 12.3. The van der Waals surface area contributed by atoms with Crippen molar-refractivity contribution in [3.63, 3.8) is 0 Å². The molecule has 3 rings (SSSR count). The first-order chi connectivity index (χ1) is 10.6. The number of amides is 1. The topological polar surface area (TPSA) is 73.6 Å². The first-order valence-electron chi connectivity index (χ1n) is 6.77. The third-order valence-electron chi connectivity index (χ3n) is 3.56. The van der Waals surface area contributed by atoms with Gasteiger partial charge >= 0.3 is 0 Å². The van der Waals surface area contributed by atoms with E-state index in [1.807, 2.05) is 12.1 Å². The maximum atomic E-state index is 12.2. The third-order valence-corrected chi connectivity index (χ3v) is 3.56. The molecule has 5 heteroatoms. The monoisotopic (exact) mass is 296 g/mol. The van der Waals surface area contributed by atoms with Gasteiger partial charge in [0.05, 0.1) is 14.2 Å². The summed E-state index contributed by atoms with van der Waals surface area (Å²) in [5.74, 6) is 1.20. The molecule has 0 saturated heterocycles. The van der Waals surface area contributed by atoms with Crippen LogP contribution in [0.25, 0.3) is 11.6 Å². The van der Waals surface area contributed by atoms with Gasteiger partial charge in [-0.15, -0.1) is 0 Å². The minimum atomic E-state index is -0.162. The van der Waals surface area contributed by atoms with E-state index in [2.05, 4.69) is 5.32 Å². The van der Waals surface area contributed by atoms with Crippen LogP contribution >= 0.6 is 0 Å². The summed E-state index contributed by atoms with van der Waals surface area (Å²) in [6, 6.07) is 10.8. The number of fused-ring (bicyclic) bond motifs is 1. The summed E-state index contributed by atoms with van der Waals surface area (Å²) < 4.78 is 10.6. The van der Waals surface area contributed by atoms with Crippen LogP contribution in [0.5, 0.6) is 11.5 Å². The fourth-order valence-corrected chi connectivity index (χ4v) is 2.46. The van der Waals surface area contributed by atoms with Gasteiger partial charge < -0.3 is 20.5 Å². The van der Waals surface area contributed by atoms with Crippen LogP contribution in [0.2, 0.25) is 0 Å². The van der Waals surface area contributed by atoms with Gasteiger partial charge in [-0.25, -0.2) is 0 Å². The molecule has 2 aromatic carbocycles. The number of ether oxygens (including phenoxy) is 2. The van der Waals surface area contributed by atoms with Gasteiger partial charge in [0.1, 0.15) is 11.5 Å². The molecule has 3 N–H and O–H groups in total. The molecule has 1 amide bonds. The molecule has 0 saturated carbocycles. The second-order valence-corrected chi connectivity index (χ2v) is 4.93. The molecule has 0 radical (unpaired) electrons. The Kier molecular flexibility index (Phi) is 3.47. The number of hydrogen-bond donors (Lipinski definition) is 2. The van der Waals surface area contributed by atoms with Crippen molar-refractivity contribution in [3.8, 4) is 11.5 Å². The van der Waals surface area contributed by atoms with Gasteiger partial charge in [0.25, 0.3) is 5.91 Å². The van der Waals surface area contributed by atoms with Crippen molar-refractivity contribution >= 4 is 28.9 Å². The summed E-state index contributed by atoms with van der Waals surface area (Å²) in [6.07, 6.45) is 1.78. The van der Waals surface area contributed by atoms with Crippen LogP contribution < -0.4 is 20.5 Å². The number of carbonyl (C=O) groups excluding carboxylic acids is 1. The zero-order chi connectivity index (χ0) is 15.7. The van der Waals surface area contributed by atoms with Crippen LogP contribution in [0.1, 0.15) is 11.1 Å². The Morgan fingerprint density at radius 2 is 1.91 bits per heavy atom. The Morgan fingerprint density at radius 1 is 1.09 bits per heavy atom.